The zero-order valence-electron chi connectivity index (χ0n) is 13.4. The zero-order valence-corrected chi connectivity index (χ0v) is 15.8. The van der Waals surface area contributed by atoms with Crippen LogP contribution in [0.2, 0.25) is 0 Å². The molecule has 1 aromatic heterocycles. The molecule has 0 radical (unpaired) electrons. The third-order valence-electron chi connectivity index (χ3n) is 3.68. The highest BCUT2D eigenvalue weighted by Crippen LogP contribution is 2.31. The molecule has 1 rings (SSSR count). The van der Waals surface area contributed by atoms with E-state index in [4.69, 9.17) is 0 Å². The normalized spacial score (nSPS) is 12.6. The summed E-state index contributed by atoms with van der Waals surface area (Å²) in [6.45, 7) is 11.8. The summed E-state index contributed by atoms with van der Waals surface area (Å²) in [7, 11) is 0. The molecule has 1 heterocycles. The van der Waals surface area contributed by atoms with Gasteiger partial charge < -0.3 is 5.32 Å². The van der Waals surface area contributed by atoms with Gasteiger partial charge in [-0.1, -0.05) is 34.6 Å². The van der Waals surface area contributed by atoms with E-state index >= 15 is 0 Å². The Kier molecular flexibility index (Phi) is 6.32. The van der Waals surface area contributed by atoms with E-state index in [0.717, 1.165) is 35.6 Å². The summed E-state index contributed by atoms with van der Waals surface area (Å²) < 4.78 is 1.11. The van der Waals surface area contributed by atoms with E-state index in [1.54, 1.807) is 0 Å². The van der Waals surface area contributed by atoms with Gasteiger partial charge in [0.2, 0.25) is 0 Å². The molecule has 0 spiro atoms. The van der Waals surface area contributed by atoms with Crippen LogP contribution in [0.3, 0.4) is 0 Å². The minimum Gasteiger partial charge on any atom is -0.369 e. The molecule has 0 aliphatic carbocycles. The quantitative estimate of drug-likeness (QED) is 0.735. The molecule has 0 saturated carbocycles. The molecule has 0 atom stereocenters. The van der Waals surface area contributed by atoms with Gasteiger partial charge in [0, 0.05) is 22.8 Å². The number of halogens is 1. The molecular formula is C15H26BrN3S. The SMILES string of the molecule is CCC(CC)(CNc1cc(Br)nc(C(C)(C)C)n1)SC. The predicted octanol–water partition coefficient (Wildman–Crippen LogP) is 4.87. The van der Waals surface area contributed by atoms with Crippen LogP contribution in [0.1, 0.15) is 53.3 Å². The number of thioether (sulfide) groups is 1. The summed E-state index contributed by atoms with van der Waals surface area (Å²) in [5.41, 5.74) is -0.0493. The minimum atomic E-state index is -0.0493. The maximum absolute atomic E-state index is 4.65. The van der Waals surface area contributed by atoms with Crippen molar-refractivity contribution in [2.75, 3.05) is 18.1 Å². The minimum absolute atomic E-state index is 0.0493. The van der Waals surface area contributed by atoms with Crippen molar-refractivity contribution in [3.05, 3.63) is 16.5 Å². The zero-order chi connectivity index (χ0) is 15.4. The second kappa shape index (κ2) is 7.12. The molecule has 3 nitrogen and oxygen atoms in total. The molecule has 0 amide bonds. The van der Waals surface area contributed by atoms with Crippen LogP contribution >= 0.6 is 27.7 Å². The maximum Gasteiger partial charge on any atom is 0.137 e. The molecule has 0 fully saturated rings. The average molecular weight is 360 g/mol. The van der Waals surface area contributed by atoms with E-state index in [0.29, 0.717) is 0 Å². The summed E-state index contributed by atoms with van der Waals surface area (Å²) in [5.74, 6) is 1.76. The van der Waals surface area contributed by atoms with E-state index in [2.05, 4.69) is 72.1 Å². The number of aromatic nitrogens is 2. The highest BCUT2D eigenvalue weighted by Gasteiger charge is 2.25. The van der Waals surface area contributed by atoms with Gasteiger partial charge in [-0.05, 0) is 35.0 Å². The van der Waals surface area contributed by atoms with E-state index in [1.807, 2.05) is 17.8 Å². The van der Waals surface area contributed by atoms with Crippen molar-refractivity contribution in [3.63, 3.8) is 0 Å². The molecule has 0 aliphatic heterocycles. The fourth-order valence-electron chi connectivity index (χ4n) is 1.96. The largest absolute Gasteiger partial charge is 0.369 e. The van der Waals surface area contributed by atoms with E-state index < -0.39 is 0 Å². The van der Waals surface area contributed by atoms with Crippen molar-refractivity contribution in [1.82, 2.24) is 9.97 Å². The topological polar surface area (TPSA) is 37.8 Å². The third-order valence-corrected chi connectivity index (χ3v) is 5.67. The van der Waals surface area contributed by atoms with Gasteiger partial charge >= 0.3 is 0 Å². The molecule has 20 heavy (non-hydrogen) atoms. The maximum atomic E-state index is 4.65. The summed E-state index contributed by atoms with van der Waals surface area (Å²) in [6, 6.07) is 1.95. The van der Waals surface area contributed by atoms with Crippen LogP contribution in [-0.2, 0) is 5.41 Å². The number of hydrogen-bond acceptors (Lipinski definition) is 4. The first-order valence-electron chi connectivity index (χ1n) is 7.10. The third kappa shape index (κ3) is 4.62. The van der Waals surface area contributed by atoms with Crippen molar-refractivity contribution >= 4 is 33.5 Å². The van der Waals surface area contributed by atoms with Crippen LogP contribution < -0.4 is 5.32 Å². The highest BCUT2D eigenvalue weighted by molar-refractivity contribution is 9.10. The molecule has 0 aliphatic rings. The monoisotopic (exact) mass is 359 g/mol. The molecule has 0 saturated heterocycles. The molecule has 114 valence electrons. The van der Waals surface area contributed by atoms with Crippen LogP contribution in [0.25, 0.3) is 0 Å². The van der Waals surface area contributed by atoms with Gasteiger partial charge in [0.05, 0.1) is 0 Å². The number of nitrogens with one attached hydrogen (secondary N) is 1. The summed E-state index contributed by atoms with van der Waals surface area (Å²) in [6.07, 6.45) is 4.48. The van der Waals surface area contributed by atoms with Crippen molar-refractivity contribution in [2.45, 2.75) is 57.6 Å². The van der Waals surface area contributed by atoms with Crippen molar-refractivity contribution in [3.8, 4) is 0 Å². The van der Waals surface area contributed by atoms with Crippen LogP contribution in [-0.4, -0.2) is 27.5 Å². The fraction of sp³-hybridized carbons (Fsp3) is 0.733. The van der Waals surface area contributed by atoms with Crippen molar-refractivity contribution < 1.29 is 0 Å². The lowest BCUT2D eigenvalue weighted by atomic mass is 9.96. The molecule has 1 aromatic rings. The Morgan fingerprint density at radius 1 is 1.20 bits per heavy atom. The molecule has 1 N–H and O–H groups in total. The number of rotatable bonds is 6. The molecule has 0 aromatic carbocycles. The average Bonchev–Trinajstić information content (AvgIpc) is 2.39. The molecular weight excluding hydrogens is 334 g/mol. The van der Waals surface area contributed by atoms with Crippen molar-refractivity contribution in [1.29, 1.82) is 0 Å². The lowest BCUT2D eigenvalue weighted by Gasteiger charge is -2.30. The fourth-order valence-corrected chi connectivity index (χ4v) is 3.13. The van der Waals surface area contributed by atoms with Gasteiger partial charge in [-0.2, -0.15) is 11.8 Å². The Morgan fingerprint density at radius 3 is 2.25 bits per heavy atom. The number of anilines is 1. The summed E-state index contributed by atoms with van der Waals surface area (Å²) in [4.78, 5) is 9.12. The van der Waals surface area contributed by atoms with Crippen LogP contribution in [0, 0.1) is 0 Å². The first-order chi connectivity index (χ1) is 9.26. The lowest BCUT2D eigenvalue weighted by molar-refractivity contribution is 0.542. The second-order valence-electron chi connectivity index (χ2n) is 6.10. The Morgan fingerprint density at radius 2 is 1.80 bits per heavy atom. The molecule has 0 bridgehead atoms. The summed E-state index contributed by atoms with van der Waals surface area (Å²) >= 11 is 5.41. The molecule has 0 unspecified atom stereocenters. The Bertz CT molecular complexity index is 431. The highest BCUT2D eigenvalue weighted by atomic mass is 79.9. The van der Waals surface area contributed by atoms with E-state index in [-0.39, 0.29) is 10.2 Å². The van der Waals surface area contributed by atoms with Gasteiger partial charge in [0.15, 0.2) is 0 Å². The number of hydrogen-bond donors (Lipinski definition) is 1. The standard InChI is InChI=1S/C15H26BrN3S/c1-7-15(8-2,20-6)10-17-12-9-11(16)18-13(19-12)14(3,4)5/h9H,7-8,10H2,1-6H3,(H,17,18,19). The van der Waals surface area contributed by atoms with Crippen LogP contribution in [0.15, 0.2) is 10.7 Å². The molecule has 5 heteroatoms. The first-order valence-corrected chi connectivity index (χ1v) is 9.12. The van der Waals surface area contributed by atoms with Gasteiger partial charge in [0.1, 0.15) is 16.2 Å². The summed E-state index contributed by atoms with van der Waals surface area (Å²) in [5, 5.41) is 3.49. The van der Waals surface area contributed by atoms with Crippen LogP contribution in [0.5, 0.6) is 0 Å². The lowest BCUT2D eigenvalue weighted by Crippen LogP contribution is -2.32. The van der Waals surface area contributed by atoms with Gasteiger partial charge in [-0.3, -0.25) is 0 Å². The van der Waals surface area contributed by atoms with Gasteiger partial charge in [-0.15, -0.1) is 0 Å². The predicted molar refractivity (Wildman–Crippen MR) is 93.7 cm³/mol. The Labute approximate surface area is 135 Å². The van der Waals surface area contributed by atoms with Crippen molar-refractivity contribution in [2.24, 2.45) is 0 Å². The van der Waals surface area contributed by atoms with Gasteiger partial charge in [-0.25, -0.2) is 9.97 Å². The Hall–Kier alpha value is -0.290. The van der Waals surface area contributed by atoms with Gasteiger partial charge in [0.25, 0.3) is 0 Å². The van der Waals surface area contributed by atoms with E-state index in [1.165, 1.54) is 0 Å². The first kappa shape index (κ1) is 17.8. The second-order valence-corrected chi connectivity index (χ2v) is 8.18. The van der Waals surface area contributed by atoms with E-state index in [9.17, 15) is 0 Å². The smallest absolute Gasteiger partial charge is 0.137 e. The number of nitrogens with zero attached hydrogens (tertiary/aromatic N) is 2. The Balaban J connectivity index is 2.91. The van der Waals surface area contributed by atoms with Crippen LogP contribution in [0.4, 0.5) is 5.82 Å².